The Balaban J connectivity index is 3.32. The highest BCUT2D eigenvalue weighted by Gasteiger charge is 1.95. The van der Waals surface area contributed by atoms with E-state index in [2.05, 4.69) is 6.58 Å². The van der Waals surface area contributed by atoms with Crippen LogP contribution >= 0.6 is 0 Å². The molecule has 0 aliphatic heterocycles. The van der Waals surface area contributed by atoms with E-state index in [9.17, 15) is 0 Å². The number of hydrogen-bond acceptors (Lipinski definition) is 2. The van der Waals surface area contributed by atoms with Crippen LogP contribution in [0.3, 0.4) is 0 Å². The number of hydrogen-bond donors (Lipinski definition) is 2. The molecular formula is C8H14O2. The van der Waals surface area contributed by atoms with Gasteiger partial charge in [-0.25, -0.2) is 0 Å². The highest BCUT2D eigenvalue weighted by atomic mass is 16.3. The van der Waals surface area contributed by atoms with E-state index in [1.54, 1.807) is 18.2 Å². The van der Waals surface area contributed by atoms with Gasteiger partial charge in [0.05, 0.1) is 6.10 Å². The lowest BCUT2D eigenvalue weighted by Gasteiger charge is -2.01. The fraction of sp³-hybridized carbons (Fsp3) is 0.500. The molecule has 0 heterocycles. The molecule has 2 N–H and O–H groups in total. The molecule has 0 aliphatic rings. The first kappa shape index (κ1) is 9.40. The monoisotopic (exact) mass is 142 g/mol. The summed E-state index contributed by atoms with van der Waals surface area (Å²) >= 11 is 0. The number of allylic oxidation sites excluding steroid dienone is 2. The molecule has 10 heavy (non-hydrogen) atoms. The summed E-state index contributed by atoms with van der Waals surface area (Å²) < 4.78 is 0. The van der Waals surface area contributed by atoms with E-state index >= 15 is 0 Å². The highest BCUT2D eigenvalue weighted by molar-refractivity contribution is 5.00. The van der Waals surface area contributed by atoms with E-state index in [-0.39, 0.29) is 6.61 Å². The molecule has 0 radical (unpaired) electrons. The molecule has 0 aliphatic carbocycles. The zero-order valence-electron chi connectivity index (χ0n) is 6.03. The summed E-state index contributed by atoms with van der Waals surface area (Å²) in [7, 11) is 0. The lowest BCUT2D eigenvalue weighted by molar-refractivity contribution is 0.190. The number of aliphatic hydroxyl groups is 2. The second-order valence-corrected chi connectivity index (χ2v) is 2.05. The Bertz CT molecular complexity index is 108. The topological polar surface area (TPSA) is 40.5 Å². The largest absolute Gasteiger partial charge is 0.396 e. The molecule has 0 amide bonds. The van der Waals surface area contributed by atoms with Gasteiger partial charge in [0.15, 0.2) is 0 Å². The quantitative estimate of drug-likeness (QED) is 0.559. The summed E-state index contributed by atoms with van der Waals surface area (Å²) in [6.07, 6.45) is 5.78. The van der Waals surface area contributed by atoms with Crippen molar-refractivity contribution in [3.05, 3.63) is 24.8 Å². The van der Waals surface area contributed by atoms with Gasteiger partial charge in [-0.1, -0.05) is 24.8 Å². The third kappa shape index (κ3) is 5.54. The molecule has 0 aromatic rings. The minimum absolute atomic E-state index is 0.138. The van der Waals surface area contributed by atoms with Crippen molar-refractivity contribution >= 4 is 0 Å². The number of aliphatic hydroxyl groups excluding tert-OH is 2. The first-order valence-corrected chi connectivity index (χ1v) is 3.39. The average Bonchev–Trinajstić information content (AvgIpc) is 1.97. The summed E-state index contributed by atoms with van der Waals surface area (Å²) in [6.45, 7) is 3.60. The van der Waals surface area contributed by atoms with Crippen LogP contribution in [0.2, 0.25) is 0 Å². The van der Waals surface area contributed by atoms with Gasteiger partial charge in [-0.2, -0.15) is 0 Å². The van der Waals surface area contributed by atoms with Crippen molar-refractivity contribution in [2.24, 2.45) is 0 Å². The zero-order chi connectivity index (χ0) is 7.82. The van der Waals surface area contributed by atoms with Crippen LogP contribution in [0.4, 0.5) is 0 Å². The number of rotatable bonds is 5. The first-order chi connectivity index (χ1) is 4.81. The maximum atomic E-state index is 9.07. The van der Waals surface area contributed by atoms with Crippen molar-refractivity contribution in [1.82, 2.24) is 0 Å². The fourth-order valence-corrected chi connectivity index (χ4v) is 0.603. The smallest absolute Gasteiger partial charge is 0.0724 e. The van der Waals surface area contributed by atoms with Gasteiger partial charge in [-0.15, -0.1) is 0 Å². The third-order valence-electron chi connectivity index (χ3n) is 1.13. The van der Waals surface area contributed by atoms with Crippen molar-refractivity contribution < 1.29 is 10.2 Å². The van der Waals surface area contributed by atoms with Gasteiger partial charge in [-0.05, 0) is 12.8 Å². The van der Waals surface area contributed by atoms with Crippen LogP contribution in [0.15, 0.2) is 24.8 Å². The Kier molecular flexibility index (Phi) is 6.13. The van der Waals surface area contributed by atoms with Gasteiger partial charge in [0.25, 0.3) is 0 Å². The molecule has 0 fully saturated rings. The summed E-state index contributed by atoms with van der Waals surface area (Å²) in [5.41, 5.74) is 0. The summed E-state index contributed by atoms with van der Waals surface area (Å²) in [4.78, 5) is 0. The Labute approximate surface area is 61.5 Å². The van der Waals surface area contributed by atoms with E-state index in [0.717, 1.165) is 0 Å². The van der Waals surface area contributed by atoms with Gasteiger partial charge in [0.2, 0.25) is 0 Å². The maximum Gasteiger partial charge on any atom is 0.0724 e. The first-order valence-electron chi connectivity index (χ1n) is 3.39. The molecule has 0 spiro atoms. The molecule has 0 saturated carbocycles. The minimum atomic E-state index is -0.440. The molecule has 0 rings (SSSR count). The summed E-state index contributed by atoms with van der Waals surface area (Å²) in [5, 5.41) is 17.5. The lowest BCUT2D eigenvalue weighted by Crippen LogP contribution is -2.02. The van der Waals surface area contributed by atoms with Crippen molar-refractivity contribution in [3.8, 4) is 0 Å². The fourth-order valence-electron chi connectivity index (χ4n) is 0.603. The van der Waals surface area contributed by atoms with Crippen LogP contribution in [-0.2, 0) is 0 Å². The predicted octanol–water partition coefficient (Wildman–Crippen LogP) is 0.862. The summed E-state index contributed by atoms with van der Waals surface area (Å²) in [6, 6.07) is 0. The van der Waals surface area contributed by atoms with Gasteiger partial charge in [0.1, 0.15) is 0 Å². The maximum absolute atomic E-state index is 9.07. The van der Waals surface area contributed by atoms with Gasteiger partial charge < -0.3 is 10.2 Å². The molecule has 58 valence electrons. The molecule has 1 atom stereocenters. The van der Waals surface area contributed by atoms with Crippen LogP contribution in [0.1, 0.15) is 12.8 Å². The molecular weight excluding hydrogens is 128 g/mol. The van der Waals surface area contributed by atoms with E-state index in [4.69, 9.17) is 10.2 Å². The predicted molar refractivity (Wildman–Crippen MR) is 41.7 cm³/mol. The van der Waals surface area contributed by atoms with E-state index in [0.29, 0.717) is 12.8 Å². The van der Waals surface area contributed by atoms with E-state index in [1.807, 2.05) is 0 Å². The van der Waals surface area contributed by atoms with Crippen molar-refractivity contribution in [2.45, 2.75) is 18.9 Å². The van der Waals surface area contributed by atoms with Gasteiger partial charge >= 0.3 is 0 Å². The lowest BCUT2D eigenvalue weighted by atomic mass is 10.2. The van der Waals surface area contributed by atoms with Gasteiger partial charge in [-0.3, -0.25) is 0 Å². The second kappa shape index (κ2) is 6.52. The van der Waals surface area contributed by atoms with Crippen molar-refractivity contribution in [3.63, 3.8) is 0 Å². The van der Waals surface area contributed by atoms with Gasteiger partial charge in [0, 0.05) is 6.61 Å². The van der Waals surface area contributed by atoms with Crippen LogP contribution in [-0.4, -0.2) is 22.9 Å². The Morgan fingerprint density at radius 1 is 1.50 bits per heavy atom. The zero-order valence-corrected chi connectivity index (χ0v) is 6.03. The standard InChI is InChI=1S/C8H14O2/c1-2-3-5-8(10)6-4-7-9/h2-3,5,8-10H,1,4,6-7H2/b5-3+. The molecule has 2 nitrogen and oxygen atoms in total. The molecule has 0 bridgehead atoms. The second-order valence-electron chi connectivity index (χ2n) is 2.05. The van der Waals surface area contributed by atoms with E-state index < -0.39 is 6.10 Å². The van der Waals surface area contributed by atoms with E-state index in [1.165, 1.54) is 0 Å². The van der Waals surface area contributed by atoms with Crippen LogP contribution in [0, 0.1) is 0 Å². The Morgan fingerprint density at radius 3 is 2.70 bits per heavy atom. The normalized spacial score (nSPS) is 13.8. The molecule has 0 aromatic carbocycles. The van der Waals surface area contributed by atoms with Crippen LogP contribution in [0.25, 0.3) is 0 Å². The van der Waals surface area contributed by atoms with Crippen molar-refractivity contribution in [1.29, 1.82) is 0 Å². The Morgan fingerprint density at radius 2 is 2.20 bits per heavy atom. The van der Waals surface area contributed by atoms with Crippen molar-refractivity contribution in [2.75, 3.05) is 6.61 Å². The molecule has 0 saturated heterocycles. The third-order valence-corrected chi connectivity index (χ3v) is 1.13. The van der Waals surface area contributed by atoms with Crippen LogP contribution in [0.5, 0.6) is 0 Å². The Hall–Kier alpha value is -0.600. The molecule has 2 heteroatoms. The highest BCUT2D eigenvalue weighted by Crippen LogP contribution is 1.97. The molecule has 0 aromatic heterocycles. The minimum Gasteiger partial charge on any atom is -0.396 e. The van der Waals surface area contributed by atoms with Crippen LogP contribution < -0.4 is 0 Å². The average molecular weight is 142 g/mol. The SMILES string of the molecule is C=C/C=C/C(O)CCCO. The summed E-state index contributed by atoms with van der Waals surface area (Å²) in [5.74, 6) is 0. The molecule has 1 unspecified atom stereocenters.